The third-order valence-corrected chi connectivity index (χ3v) is 4.57. The molecule has 0 N–H and O–H groups in total. The van der Waals surface area contributed by atoms with Crippen LogP contribution in [-0.4, -0.2) is 40.9 Å². The Morgan fingerprint density at radius 2 is 1.81 bits per heavy atom. The second kappa shape index (κ2) is 10.2. The van der Waals surface area contributed by atoms with Gasteiger partial charge in [0.2, 0.25) is 12.2 Å². The molecule has 1 aromatic heterocycles. The number of carbonyl (C=O) groups is 2. The third-order valence-electron chi connectivity index (χ3n) is 3.54. The largest absolute Gasteiger partial charge is 0.511 e. The van der Waals surface area contributed by atoms with Crippen molar-refractivity contribution in [3.8, 4) is 17.1 Å². The van der Waals surface area contributed by atoms with Gasteiger partial charge in [0.15, 0.2) is 0 Å². The van der Waals surface area contributed by atoms with Crippen molar-refractivity contribution >= 4 is 39.7 Å². The Kier molecular flexibility index (Phi) is 8.18. The van der Waals surface area contributed by atoms with E-state index in [1.165, 1.54) is 14.0 Å². The molecule has 0 saturated heterocycles. The maximum absolute atomic E-state index is 14.5. The number of ether oxygens (including phenoxy) is 4. The first-order valence-electron chi connectivity index (χ1n) is 8.65. The lowest BCUT2D eigenvalue weighted by Crippen LogP contribution is -2.24. The van der Waals surface area contributed by atoms with Crippen LogP contribution >= 0.6 is 27.5 Å². The molecule has 13 heteroatoms. The topological polar surface area (TPSA) is 88.9 Å². The van der Waals surface area contributed by atoms with E-state index < -0.39 is 36.9 Å². The molecule has 2 aromatic rings. The van der Waals surface area contributed by atoms with Gasteiger partial charge < -0.3 is 18.9 Å². The van der Waals surface area contributed by atoms with Gasteiger partial charge in [-0.15, -0.1) is 0 Å². The number of benzene rings is 1. The first-order valence-corrected chi connectivity index (χ1v) is 9.82. The van der Waals surface area contributed by atoms with Crippen molar-refractivity contribution in [2.75, 3.05) is 0 Å². The minimum Gasteiger partial charge on any atom is -0.431 e. The molecule has 1 aromatic carbocycles. The molecule has 0 aliphatic heterocycles. The number of aryl methyl sites for hydroxylation is 1. The molecule has 0 bridgehead atoms. The number of rotatable bonds is 7. The van der Waals surface area contributed by atoms with Crippen LogP contribution in [0.25, 0.3) is 11.3 Å². The average molecular weight is 530 g/mol. The monoisotopic (exact) mass is 528 g/mol. The molecular formula is C18H17BrClF3N2O6. The van der Waals surface area contributed by atoms with Gasteiger partial charge >= 0.3 is 18.7 Å². The van der Waals surface area contributed by atoms with E-state index in [9.17, 15) is 22.8 Å². The highest BCUT2D eigenvalue weighted by atomic mass is 79.9. The van der Waals surface area contributed by atoms with Crippen LogP contribution in [0.5, 0.6) is 5.88 Å². The molecule has 1 unspecified atom stereocenters. The number of hydrogen-bond donors (Lipinski definition) is 0. The van der Waals surface area contributed by atoms with Gasteiger partial charge in [-0.2, -0.15) is 13.9 Å². The highest BCUT2D eigenvalue weighted by molar-refractivity contribution is 9.10. The molecule has 0 saturated carbocycles. The van der Waals surface area contributed by atoms with Crippen LogP contribution in [0, 0.1) is 5.82 Å². The zero-order valence-corrected chi connectivity index (χ0v) is 19.0. The van der Waals surface area contributed by atoms with Crippen molar-refractivity contribution in [2.24, 2.45) is 7.05 Å². The van der Waals surface area contributed by atoms with Crippen LogP contribution in [0.1, 0.15) is 31.1 Å². The summed E-state index contributed by atoms with van der Waals surface area (Å²) in [6.45, 7) is 1.33. The van der Waals surface area contributed by atoms with Gasteiger partial charge in [0.25, 0.3) is 0 Å². The van der Waals surface area contributed by atoms with Crippen LogP contribution in [-0.2, 0) is 21.3 Å². The molecule has 0 fully saturated rings. The summed E-state index contributed by atoms with van der Waals surface area (Å²) in [6.07, 6.45) is -2.83. The van der Waals surface area contributed by atoms with E-state index in [2.05, 4.69) is 25.8 Å². The molecule has 170 valence electrons. The number of hydrogen-bond acceptors (Lipinski definition) is 7. The van der Waals surface area contributed by atoms with Crippen molar-refractivity contribution in [3.63, 3.8) is 0 Å². The molecule has 0 aliphatic rings. The van der Waals surface area contributed by atoms with E-state index in [0.717, 1.165) is 16.8 Å². The minimum absolute atomic E-state index is 0.0658. The molecule has 0 spiro atoms. The quantitative estimate of drug-likeness (QED) is 0.355. The summed E-state index contributed by atoms with van der Waals surface area (Å²) in [7, 11) is 1.31. The van der Waals surface area contributed by atoms with E-state index in [1.807, 2.05) is 0 Å². The van der Waals surface area contributed by atoms with Crippen molar-refractivity contribution in [2.45, 2.75) is 39.8 Å². The predicted molar refractivity (Wildman–Crippen MR) is 106 cm³/mol. The van der Waals surface area contributed by atoms with Gasteiger partial charge in [-0.3, -0.25) is 0 Å². The van der Waals surface area contributed by atoms with Gasteiger partial charge in [-0.25, -0.2) is 18.7 Å². The summed E-state index contributed by atoms with van der Waals surface area (Å²) in [5.41, 5.74) is -0.637. The molecule has 0 amide bonds. The van der Waals surface area contributed by atoms with Crippen LogP contribution < -0.4 is 4.74 Å². The predicted octanol–water partition coefficient (Wildman–Crippen LogP) is 5.31. The third kappa shape index (κ3) is 6.26. The standard InChI is InChI=1S/C18H17BrClF3N2O6/c1-7(2)28-18(27)30-8(3)29-16(26)9-5-10(12(21)6-11(9)20)14-13(19)15(25(4)24-14)31-17(22)23/h5-8,17H,1-4H3. The zero-order valence-electron chi connectivity index (χ0n) is 16.6. The molecule has 0 radical (unpaired) electrons. The number of nitrogens with zero attached hydrogens (tertiary/aromatic N) is 2. The maximum Gasteiger partial charge on any atom is 0.511 e. The van der Waals surface area contributed by atoms with E-state index in [1.54, 1.807) is 13.8 Å². The average Bonchev–Trinajstić information content (AvgIpc) is 2.88. The van der Waals surface area contributed by atoms with Crippen LogP contribution in [0.3, 0.4) is 0 Å². The summed E-state index contributed by atoms with van der Waals surface area (Å²) in [4.78, 5) is 23.9. The molecule has 1 heterocycles. The van der Waals surface area contributed by atoms with Gasteiger partial charge in [-0.1, -0.05) is 11.6 Å². The Labute approximate surface area is 188 Å². The fraction of sp³-hybridized carbons (Fsp3) is 0.389. The first-order chi connectivity index (χ1) is 14.4. The number of aromatic nitrogens is 2. The highest BCUT2D eigenvalue weighted by Gasteiger charge is 2.26. The molecule has 31 heavy (non-hydrogen) atoms. The van der Waals surface area contributed by atoms with E-state index in [-0.39, 0.29) is 32.2 Å². The lowest BCUT2D eigenvalue weighted by Gasteiger charge is -2.16. The van der Waals surface area contributed by atoms with Gasteiger partial charge in [0, 0.05) is 19.5 Å². The van der Waals surface area contributed by atoms with Crippen molar-refractivity contribution in [1.82, 2.24) is 9.78 Å². The molecular weight excluding hydrogens is 513 g/mol. The molecule has 8 nitrogen and oxygen atoms in total. The zero-order chi connectivity index (χ0) is 23.5. The fourth-order valence-electron chi connectivity index (χ4n) is 2.35. The number of esters is 1. The minimum atomic E-state index is -3.14. The van der Waals surface area contributed by atoms with E-state index in [4.69, 9.17) is 25.8 Å². The SMILES string of the molecule is CC(C)OC(=O)OC(C)OC(=O)c1cc(-c2nn(C)c(OC(F)F)c2Br)c(F)cc1Cl. The van der Waals surface area contributed by atoms with Gasteiger partial charge in [-0.05, 0) is 41.9 Å². The van der Waals surface area contributed by atoms with Crippen LogP contribution in [0.4, 0.5) is 18.0 Å². The smallest absolute Gasteiger partial charge is 0.431 e. The van der Waals surface area contributed by atoms with Crippen LogP contribution in [0.15, 0.2) is 16.6 Å². The van der Waals surface area contributed by atoms with Gasteiger partial charge in [0.1, 0.15) is 16.0 Å². The summed E-state index contributed by atoms with van der Waals surface area (Å²) in [5.74, 6) is -2.27. The second-order valence-corrected chi connectivity index (χ2v) is 7.49. The number of alkyl halides is 2. The first kappa shape index (κ1) is 24.8. The Hall–Kier alpha value is -2.47. The summed E-state index contributed by atoms with van der Waals surface area (Å²) >= 11 is 8.99. The normalized spacial score (nSPS) is 12.1. The summed E-state index contributed by atoms with van der Waals surface area (Å²) in [6, 6.07) is 1.86. The molecule has 1 atom stereocenters. The van der Waals surface area contributed by atoms with E-state index >= 15 is 0 Å². The summed E-state index contributed by atoms with van der Waals surface area (Å²) in [5, 5.41) is 3.65. The Morgan fingerprint density at radius 3 is 2.39 bits per heavy atom. The van der Waals surface area contributed by atoms with Crippen molar-refractivity contribution in [1.29, 1.82) is 0 Å². The lowest BCUT2D eigenvalue weighted by molar-refractivity contribution is -0.0866. The van der Waals surface area contributed by atoms with Crippen molar-refractivity contribution in [3.05, 3.63) is 33.0 Å². The Morgan fingerprint density at radius 1 is 1.16 bits per heavy atom. The maximum atomic E-state index is 14.5. The van der Waals surface area contributed by atoms with E-state index in [0.29, 0.717) is 0 Å². The number of halogens is 5. The van der Waals surface area contributed by atoms with Crippen molar-refractivity contribution < 1.29 is 41.7 Å². The Balaban J connectivity index is 2.31. The highest BCUT2D eigenvalue weighted by Crippen LogP contribution is 2.38. The Bertz CT molecular complexity index is 986. The molecule has 0 aliphatic carbocycles. The van der Waals surface area contributed by atoms with Gasteiger partial charge in [0.05, 0.1) is 16.7 Å². The molecule has 2 rings (SSSR count). The number of carbonyl (C=O) groups excluding carboxylic acids is 2. The summed E-state index contributed by atoms with van der Waals surface area (Å²) < 4.78 is 59.5. The van der Waals surface area contributed by atoms with Crippen LogP contribution in [0.2, 0.25) is 5.02 Å². The lowest BCUT2D eigenvalue weighted by atomic mass is 10.1. The fourth-order valence-corrected chi connectivity index (χ4v) is 3.22. The second-order valence-electron chi connectivity index (χ2n) is 6.29.